The van der Waals surface area contributed by atoms with Crippen LogP contribution in [0.2, 0.25) is 0 Å². The Labute approximate surface area is 154 Å². The van der Waals surface area contributed by atoms with Gasteiger partial charge in [0, 0.05) is 12.1 Å². The quantitative estimate of drug-likeness (QED) is 0.752. The van der Waals surface area contributed by atoms with Gasteiger partial charge < -0.3 is 10.6 Å². The second-order valence-corrected chi connectivity index (χ2v) is 8.44. The normalized spacial score (nSPS) is 18.0. The van der Waals surface area contributed by atoms with Crippen molar-refractivity contribution in [3.63, 3.8) is 0 Å². The fraction of sp³-hybridized carbons (Fsp3) is 0.316. The first kappa shape index (κ1) is 18.4. The second kappa shape index (κ2) is 7.47. The molecule has 0 saturated carbocycles. The van der Waals surface area contributed by atoms with Crippen LogP contribution in [0.4, 0.5) is 5.69 Å². The molecule has 7 heteroatoms. The van der Waals surface area contributed by atoms with Crippen LogP contribution in [0.1, 0.15) is 42.4 Å². The number of rotatable bonds is 5. The van der Waals surface area contributed by atoms with Gasteiger partial charge in [0.1, 0.15) is 11.1 Å². The number of sulfonamides is 1. The predicted octanol–water partition coefficient (Wildman–Crippen LogP) is 2.87. The number of anilines is 1. The van der Waals surface area contributed by atoms with Crippen LogP contribution in [0.5, 0.6) is 0 Å². The van der Waals surface area contributed by atoms with Gasteiger partial charge >= 0.3 is 0 Å². The van der Waals surface area contributed by atoms with E-state index in [2.05, 4.69) is 29.2 Å². The van der Waals surface area contributed by atoms with Crippen LogP contribution < -0.4 is 15.4 Å². The van der Waals surface area contributed by atoms with E-state index in [0.717, 1.165) is 12.0 Å². The Morgan fingerprint density at radius 3 is 2.50 bits per heavy atom. The molecule has 0 saturated heterocycles. The highest BCUT2D eigenvalue weighted by Crippen LogP contribution is 2.30. The first-order valence-corrected chi connectivity index (χ1v) is 10.1. The molecule has 26 heavy (non-hydrogen) atoms. The van der Waals surface area contributed by atoms with E-state index in [9.17, 15) is 13.2 Å². The average molecular weight is 373 g/mol. The minimum absolute atomic E-state index is 0.125. The minimum Gasteiger partial charge on any atom is -0.364 e. The van der Waals surface area contributed by atoms with Crippen molar-refractivity contribution in [2.24, 2.45) is 5.92 Å². The van der Waals surface area contributed by atoms with E-state index in [1.54, 1.807) is 48.5 Å². The number of hydrogen-bond donors (Lipinski definition) is 3. The van der Waals surface area contributed by atoms with Crippen LogP contribution in [-0.2, 0) is 10.0 Å². The Bertz CT molecular complexity index is 893. The summed E-state index contributed by atoms with van der Waals surface area (Å²) in [6.07, 6.45) is 0.352. The Morgan fingerprint density at radius 2 is 1.81 bits per heavy atom. The maximum atomic E-state index is 12.4. The molecule has 0 fully saturated rings. The van der Waals surface area contributed by atoms with E-state index in [1.165, 1.54) is 0 Å². The number of carbonyl (C=O) groups is 1. The molecule has 3 rings (SSSR count). The highest BCUT2D eigenvalue weighted by atomic mass is 32.2. The molecule has 138 valence electrons. The highest BCUT2D eigenvalue weighted by Gasteiger charge is 2.29. The number of fused-ring (bicyclic) bond motifs is 1. The summed E-state index contributed by atoms with van der Waals surface area (Å²) in [4.78, 5) is 12.4. The standard InChI is InChI=1S/C19H23N3O3S/c1-13(2)11-12-20-19(23)15-9-7-14(8-10-15)18-21-16-5-3-4-6-17(16)26(24,25)22-18/h3-10,13,18,21-22H,11-12H2,1-2H3,(H,20,23)/t18-/m0/s1. The van der Waals surface area contributed by atoms with Crippen LogP contribution in [0.25, 0.3) is 0 Å². The fourth-order valence-electron chi connectivity index (χ4n) is 2.78. The lowest BCUT2D eigenvalue weighted by molar-refractivity contribution is 0.0952. The molecule has 3 N–H and O–H groups in total. The zero-order valence-electron chi connectivity index (χ0n) is 14.8. The van der Waals surface area contributed by atoms with Gasteiger partial charge in [-0.3, -0.25) is 4.79 Å². The minimum atomic E-state index is -3.58. The van der Waals surface area contributed by atoms with Gasteiger partial charge in [-0.05, 0) is 42.2 Å². The summed E-state index contributed by atoms with van der Waals surface area (Å²) < 4.78 is 27.4. The van der Waals surface area contributed by atoms with Crippen molar-refractivity contribution in [3.05, 3.63) is 59.7 Å². The van der Waals surface area contributed by atoms with E-state index < -0.39 is 16.2 Å². The second-order valence-electron chi connectivity index (χ2n) is 6.76. The van der Waals surface area contributed by atoms with Gasteiger partial charge in [-0.1, -0.05) is 38.1 Å². The van der Waals surface area contributed by atoms with E-state index in [0.29, 0.717) is 23.7 Å². The van der Waals surface area contributed by atoms with Crippen LogP contribution in [0.15, 0.2) is 53.4 Å². The molecule has 0 aliphatic carbocycles. The lowest BCUT2D eigenvalue weighted by Gasteiger charge is -2.28. The first-order valence-electron chi connectivity index (χ1n) is 8.63. The van der Waals surface area contributed by atoms with Crippen molar-refractivity contribution in [1.82, 2.24) is 10.0 Å². The van der Waals surface area contributed by atoms with Crippen molar-refractivity contribution in [3.8, 4) is 0 Å². The van der Waals surface area contributed by atoms with Gasteiger partial charge in [-0.15, -0.1) is 0 Å². The summed E-state index contributed by atoms with van der Waals surface area (Å²) in [5.41, 5.74) is 1.85. The largest absolute Gasteiger partial charge is 0.364 e. The zero-order chi connectivity index (χ0) is 18.7. The van der Waals surface area contributed by atoms with E-state index in [-0.39, 0.29) is 10.8 Å². The summed E-state index contributed by atoms with van der Waals surface area (Å²) in [7, 11) is -3.58. The third kappa shape index (κ3) is 4.05. The molecule has 0 bridgehead atoms. The summed E-state index contributed by atoms with van der Waals surface area (Å²) in [5.74, 6) is 0.408. The molecule has 2 aromatic carbocycles. The van der Waals surface area contributed by atoms with Gasteiger partial charge in [0.2, 0.25) is 10.0 Å². The maximum absolute atomic E-state index is 12.4. The number of hydrogen-bond acceptors (Lipinski definition) is 4. The van der Waals surface area contributed by atoms with Gasteiger partial charge in [0.05, 0.1) is 5.69 Å². The fourth-order valence-corrected chi connectivity index (χ4v) is 4.09. The van der Waals surface area contributed by atoms with Gasteiger partial charge in [0.15, 0.2) is 0 Å². The molecular weight excluding hydrogens is 350 g/mol. The molecule has 1 aliphatic heterocycles. The third-order valence-electron chi connectivity index (χ3n) is 4.26. The molecule has 6 nitrogen and oxygen atoms in total. The number of benzene rings is 2. The van der Waals surface area contributed by atoms with Crippen LogP contribution in [0, 0.1) is 5.92 Å². The van der Waals surface area contributed by atoms with Crippen molar-refractivity contribution >= 4 is 21.6 Å². The predicted molar refractivity (Wildman–Crippen MR) is 101 cm³/mol. The Hall–Kier alpha value is -2.38. The van der Waals surface area contributed by atoms with Crippen molar-refractivity contribution in [1.29, 1.82) is 0 Å². The van der Waals surface area contributed by atoms with Gasteiger partial charge in [-0.2, -0.15) is 4.72 Å². The first-order chi connectivity index (χ1) is 12.4. The molecular formula is C19H23N3O3S. The number of para-hydroxylation sites is 1. The zero-order valence-corrected chi connectivity index (χ0v) is 15.6. The molecule has 1 atom stereocenters. The van der Waals surface area contributed by atoms with Crippen molar-refractivity contribution < 1.29 is 13.2 Å². The summed E-state index contributed by atoms with van der Waals surface area (Å²) >= 11 is 0. The highest BCUT2D eigenvalue weighted by molar-refractivity contribution is 7.89. The van der Waals surface area contributed by atoms with E-state index in [4.69, 9.17) is 0 Å². The van der Waals surface area contributed by atoms with Crippen LogP contribution in [0.3, 0.4) is 0 Å². The Kier molecular flexibility index (Phi) is 5.29. The number of amides is 1. The van der Waals surface area contributed by atoms with Crippen molar-refractivity contribution in [2.45, 2.75) is 31.3 Å². The van der Waals surface area contributed by atoms with E-state index in [1.807, 2.05) is 0 Å². The summed E-state index contributed by atoms with van der Waals surface area (Å²) in [5, 5.41) is 6.06. The smallest absolute Gasteiger partial charge is 0.251 e. The Balaban J connectivity index is 1.73. The van der Waals surface area contributed by atoms with Crippen LogP contribution >= 0.6 is 0 Å². The molecule has 0 radical (unpaired) electrons. The number of nitrogens with one attached hydrogen (secondary N) is 3. The molecule has 2 aromatic rings. The summed E-state index contributed by atoms with van der Waals surface area (Å²) in [6, 6.07) is 13.7. The SMILES string of the molecule is CC(C)CCNC(=O)c1ccc([C@H]2Nc3ccccc3S(=O)(=O)N2)cc1. The summed E-state index contributed by atoms with van der Waals surface area (Å²) in [6.45, 7) is 4.85. The van der Waals surface area contributed by atoms with Crippen molar-refractivity contribution in [2.75, 3.05) is 11.9 Å². The monoisotopic (exact) mass is 373 g/mol. The van der Waals surface area contributed by atoms with Crippen LogP contribution in [-0.4, -0.2) is 20.9 Å². The lowest BCUT2D eigenvalue weighted by atomic mass is 10.1. The third-order valence-corrected chi connectivity index (χ3v) is 5.74. The molecule has 0 spiro atoms. The average Bonchev–Trinajstić information content (AvgIpc) is 2.61. The van der Waals surface area contributed by atoms with E-state index >= 15 is 0 Å². The number of carbonyl (C=O) groups excluding carboxylic acids is 1. The Morgan fingerprint density at radius 1 is 1.12 bits per heavy atom. The molecule has 0 aromatic heterocycles. The lowest BCUT2D eigenvalue weighted by Crippen LogP contribution is -2.38. The van der Waals surface area contributed by atoms with Gasteiger partial charge in [-0.25, -0.2) is 8.42 Å². The molecule has 1 aliphatic rings. The molecule has 0 unspecified atom stereocenters. The topological polar surface area (TPSA) is 87.3 Å². The maximum Gasteiger partial charge on any atom is 0.251 e. The molecule has 1 heterocycles. The molecule has 1 amide bonds. The van der Waals surface area contributed by atoms with Gasteiger partial charge in [0.25, 0.3) is 5.91 Å².